The monoisotopic (exact) mass is 225 g/mol. The lowest BCUT2D eigenvalue weighted by molar-refractivity contribution is 0.0979. The third kappa shape index (κ3) is 3.23. The molecule has 0 radical (unpaired) electrons. The minimum atomic E-state index is 0.805. The van der Waals surface area contributed by atoms with E-state index < -0.39 is 0 Å². The standard InChI is InChI=1S/C15H31N/c1-5-12(6-2)15-9-13(11(3)4)7-8-14(15)10-16/h11-15H,5-10,16H2,1-4H3. The fraction of sp³-hybridized carbons (Fsp3) is 1.00. The molecule has 1 rings (SSSR count). The van der Waals surface area contributed by atoms with Gasteiger partial charge in [-0.25, -0.2) is 0 Å². The van der Waals surface area contributed by atoms with Crippen molar-refractivity contribution in [2.75, 3.05) is 6.54 Å². The molecule has 0 aliphatic heterocycles. The van der Waals surface area contributed by atoms with Crippen LogP contribution >= 0.6 is 0 Å². The highest BCUT2D eigenvalue weighted by atomic mass is 14.6. The smallest absolute Gasteiger partial charge is 0.00461 e. The highest BCUT2D eigenvalue weighted by Crippen LogP contribution is 2.42. The van der Waals surface area contributed by atoms with E-state index in [1.165, 1.54) is 32.1 Å². The maximum absolute atomic E-state index is 5.96. The van der Waals surface area contributed by atoms with Crippen molar-refractivity contribution in [1.29, 1.82) is 0 Å². The Bertz CT molecular complexity index is 176. The van der Waals surface area contributed by atoms with Gasteiger partial charge in [0.25, 0.3) is 0 Å². The van der Waals surface area contributed by atoms with Crippen LogP contribution in [0.4, 0.5) is 0 Å². The molecule has 0 aromatic rings. The normalized spacial score (nSPS) is 31.3. The summed E-state index contributed by atoms with van der Waals surface area (Å²) in [4.78, 5) is 0. The summed E-state index contributed by atoms with van der Waals surface area (Å²) in [5.41, 5.74) is 5.96. The van der Waals surface area contributed by atoms with E-state index >= 15 is 0 Å². The molecule has 1 fully saturated rings. The molecule has 1 heteroatoms. The summed E-state index contributed by atoms with van der Waals surface area (Å²) in [5, 5.41) is 0. The molecule has 2 N–H and O–H groups in total. The van der Waals surface area contributed by atoms with Crippen LogP contribution in [0.2, 0.25) is 0 Å². The Morgan fingerprint density at radius 3 is 2.19 bits per heavy atom. The van der Waals surface area contributed by atoms with Gasteiger partial charge in [0, 0.05) is 0 Å². The number of hydrogen-bond acceptors (Lipinski definition) is 1. The summed E-state index contributed by atoms with van der Waals surface area (Å²) in [5.74, 6) is 4.43. The molecule has 0 aromatic heterocycles. The zero-order valence-corrected chi connectivity index (χ0v) is 11.7. The van der Waals surface area contributed by atoms with Crippen LogP contribution in [-0.4, -0.2) is 6.54 Å². The Kier molecular flexibility index (Phi) is 5.82. The van der Waals surface area contributed by atoms with E-state index in [9.17, 15) is 0 Å². The van der Waals surface area contributed by atoms with Crippen molar-refractivity contribution < 1.29 is 0 Å². The molecular weight excluding hydrogens is 194 g/mol. The van der Waals surface area contributed by atoms with Crippen LogP contribution in [0.5, 0.6) is 0 Å². The molecule has 1 nitrogen and oxygen atoms in total. The molecule has 16 heavy (non-hydrogen) atoms. The summed E-state index contributed by atoms with van der Waals surface area (Å²) >= 11 is 0. The second-order valence-corrected chi connectivity index (χ2v) is 6.05. The first-order valence-corrected chi connectivity index (χ1v) is 7.33. The van der Waals surface area contributed by atoms with Crippen molar-refractivity contribution in [2.24, 2.45) is 35.3 Å². The van der Waals surface area contributed by atoms with E-state index in [2.05, 4.69) is 27.7 Å². The minimum Gasteiger partial charge on any atom is -0.330 e. The second-order valence-electron chi connectivity index (χ2n) is 6.05. The Hall–Kier alpha value is -0.0400. The molecule has 3 atom stereocenters. The van der Waals surface area contributed by atoms with Crippen LogP contribution in [0.25, 0.3) is 0 Å². The molecule has 1 saturated carbocycles. The van der Waals surface area contributed by atoms with Crippen LogP contribution in [0.3, 0.4) is 0 Å². The van der Waals surface area contributed by atoms with Crippen molar-refractivity contribution in [3.63, 3.8) is 0 Å². The minimum absolute atomic E-state index is 0.805. The molecule has 0 spiro atoms. The number of hydrogen-bond donors (Lipinski definition) is 1. The van der Waals surface area contributed by atoms with E-state index in [0.717, 1.165) is 36.1 Å². The van der Waals surface area contributed by atoms with Gasteiger partial charge in [0.1, 0.15) is 0 Å². The number of rotatable bonds is 5. The van der Waals surface area contributed by atoms with Gasteiger partial charge < -0.3 is 5.73 Å². The van der Waals surface area contributed by atoms with Gasteiger partial charge in [-0.3, -0.25) is 0 Å². The largest absolute Gasteiger partial charge is 0.330 e. The van der Waals surface area contributed by atoms with Gasteiger partial charge in [-0.1, -0.05) is 40.5 Å². The van der Waals surface area contributed by atoms with E-state index in [4.69, 9.17) is 5.73 Å². The van der Waals surface area contributed by atoms with Gasteiger partial charge in [-0.05, 0) is 55.4 Å². The molecule has 3 unspecified atom stereocenters. The second kappa shape index (κ2) is 6.64. The highest BCUT2D eigenvalue weighted by Gasteiger charge is 2.34. The third-order valence-electron chi connectivity index (χ3n) is 4.99. The van der Waals surface area contributed by atoms with Gasteiger partial charge >= 0.3 is 0 Å². The summed E-state index contributed by atoms with van der Waals surface area (Å²) in [6.45, 7) is 10.4. The first-order valence-electron chi connectivity index (χ1n) is 7.33. The Balaban J connectivity index is 2.66. The molecule has 1 aliphatic rings. The lowest BCUT2D eigenvalue weighted by Gasteiger charge is -2.41. The lowest BCUT2D eigenvalue weighted by atomic mass is 9.65. The molecule has 1 aliphatic carbocycles. The topological polar surface area (TPSA) is 26.0 Å². The highest BCUT2D eigenvalue weighted by molar-refractivity contribution is 4.85. The van der Waals surface area contributed by atoms with Gasteiger partial charge in [-0.2, -0.15) is 0 Å². The zero-order valence-electron chi connectivity index (χ0n) is 11.7. The van der Waals surface area contributed by atoms with Crippen molar-refractivity contribution in [2.45, 2.75) is 59.8 Å². The number of nitrogens with two attached hydrogens (primary N) is 1. The van der Waals surface area contributed by atoms with Gasteiger partial charge in [-0.15, -0.1) is 0 Å². The summed E-state index contributed by atoms with van der Waals surface area (Å²) < 4.78 is 0. The third-order valence-corrected chi connectivity index (χ3v) is 4.99. The molecule has 0 saturated heterocycles. The van der Waals surface area contributed by atoms with E-state index in [0.29, 0.717) is 0 Å². The van der Waals surface area contributed by atoms with E-state index in [1.807, 2.05) is 0 Å². The Morgan fingerprint density at radius 2 is 1.75 bits per heavy atom. The first kappa shape index (κ1) is 14.0. The van der Waals surface area contributed by atoms with Gasteiger partial charge in [0.2, 0.25) is 0 Å². The average Bonchev–Trinajstić information content (AvgIpc) is 2.30. The van der Waals surface area contributed by atoms with Crippen LogP contribution in [-0.2, 0) is 0 Å². The van der Waals surface area contributed by atoms with Crippen LogP contribution in [0.1, 0.15) is 59.8 Å². The van der Waals surface area contributed by atoms with Crippen LogP contribution < -0.4 is 5.73 Å². The van der Waals surface area contributed by atoms with Crippen molar-refractivity contribution in [3.05, 3.63) is 0 Å². The maximum Gasteiger partial charge on any atom is -0.00461 e. The van der Waals surface area contributed by atoms with Crippen LogP contribution in [0, 0.1) is 29.6 Å². The van der Waals surface area contributed by atoms with Crippen molar-refractivity contribution in [1.82, 2.24) is 0 Å². The zero-order chi connectivity index (χ0) is 12.1. The average molecular weight is 225 g/mol. The van der Waals surface area contributed by atoms with Crippen molar-refractivity contribution >= 4 is 0 Å². The fourth-order valence-electron chi connectivity index (χ4n) is 3.67. The van der Waals surface area contributed by atoms with E-state index in [-0.39, 0.29) is 0 Å². The molecular formula is C15H31N. The quantitative estimate of drug-likeness (QED) is 0.750. The van der Waals surface area contributed by atoms with Gasteiger partial charge in [0.05, 0.1) is 0 Å². The lowest BCUT2D eigenvalue weighted by Crippen LogP contribution is -2.36. The molecule has 0 amide bonds. The Morgan fingerprint density at radius 1 is 1.12 bits per heavy atom. The Labute approximate surface area is 102 Å². The summed E-state index contributed by atoms with van der Waals surface area (Å²) in [7, 11) is 0. The van der Waals surface area contributed by atoms with Crippen molar-refractivity contribution in [3.8, 4) is 0 Å². The molecule has 96 valence electrons. The van der Waals surface area contributed by atoms with Crippen LogP contribution in [0.15, 0.2) is 0 Å². The molecule has 0 bridgehead atoms. The molecule has 0 aromatic carbocycles. The van der Waals surface area contributed by atoms with Gasteiger partial charge in [0.15, 0.2) is 0 Å². The summed E-state index contributed by atoms with van der Waals surface area (Å²) in [6, 6.07) is 0. The predicted octanol–water partition coefficient (Wildman–Crippen LogP) is 4.07. The first-order chi connectivity index (χ1) is 7.63. The fourth-order valence-corrected chi connectivity index (χ4v) is 3.67. The summed E-state index contributed by atoms with van der Waals surface area (Å²) in [6.07, 6.45) is 6.90. The molecule has 0 heterocycles. The predicted molar refractivity (Wildman–Crippen MR) is 72.3 cm³/mol. The maximum atomic E-state index is 5.96. The SMILES string of the molecule is CCC(CC)C1CC(C(C)C)CCC1CN. The van der Waals surface area contributed by atoms with E-state index in [1.54, 1.807) is 0 Å².